The van der Waals surface area contributed by atoms with Gasteiger partial charge >= 0.3 is 0 Å². The van der Waals surface area contributed by atoms with Crippen LogP contribution in [0, 0.1) is 0 Å². The van der Waals surface area contributed by atoms with E-state index in [1.807, 2.05) is 13.0 Å². The van der Waals surface area contributed by atoms with E-state index in [9.17, 15) is 0 Å². The van der Waals surface area contributed by atoms with Crippen LogP contribution < -0.4 is 0 Å². The molecule has 0 aromatic rings. The quantitative estimate of drug-likeness (QED) is 0.538. The average Bonchev–Trinajstić information content (AvgIpc) is 2.04. The second-order valence-electron chi connectivity index (χ2n) is 2.15. The van der Waals surface area contributed by atoms with Crippen molar-refractivity contribution in [1.29, 1.82) is 0 Å². The second-order valence-corrected chi connectivity index (χ2v) is 2.15. The minimum atomic E-state index is 0.987. The molecule has 54 valence electrons. The fraction of sp³-hybridized carbons (Fsp3) is 0.333. The zero-order chi connectivity index (χ0) is 7.40. The van der Waals surface area contributed by atoms with E-state index >= 15 is 0 Å². The summed E-state index contributed by atoms with van der Waals surface area (Å²) in [6.07, 6.45) is 9.32. The van der Waals surface area contributed by atoms with Crippen LogP contribution in [0.2, 0.25) is 0 Å². The zero-order valence-corrected chi connectivity index (χ0v) is 6.42. The number of hydrogen-bond acceptors (Lipinski definition) is 1. The lowest BCUT2D eigenvalue weighted by Gasteiger charge is -2.09. The lowest BCUT2D eigenvalue weighted by atomic mass is 10.1. The summed E-state index contributed by atoms with van der Waals surface area (Å²) in [4.78, 5) is 0. The van der Waals surface area contributed by atoms with Crippen molar-refractivity contribution in [3.8, 4) is 0 Å². The molecule has 10 heavy (non-hydrogen) atoms. The largest absolute Gasteiger partial charge is 0.496 e. The molecule has 1 heteroatoms. The fourth-order valence-corrected chi connectivity index (χ4v) is 1.01. The topological polar surface area (TPSA) is 9.23 Å². The van der Waals surface area contributed by atoms with Gasteiger partial charge in [-0.25, -0.2) is 0 Å². The van der Waals surface area contributed by atoms with Crippen molar-refractivity contribution in [1.82, 2.24) is 0 Å². The Labute approximate surface area is 61.7 Å². The van der Waals surface area contributed by atoms with Crippen molar-refractivity contribution < 1.29 is 4.74 Å². The second kappa shape index (κ2) is 3.25. The van der Waals surface area contributed by atoms with Crippen LogP contribution >= 0.6 is 0 Å². The number of rotatable bonds is 1. The molecule has 1 rings (SSSR count). The number of allylic oxidation sites excluding steroid dienone is 4. The smallest absolute Gasteiger partial charge is 0.122 e. The summed E-state index contributed by atoms with van der Waals surface area (Å²) < 4.78 is 5.14. The van der Waals surface area contributed by atoms with E-state index in [0.717, 1.165) is 12.2 Å². The van der Waals surface area contributed by atoms with Crippen LogP contribution in [-0.4, -0.2) is 7.11 Å². The van der Waals surface area contributed by atoms with Gasteiger partial charge < -0.3 is 4.74 Å². The van der Waals surface area contributed by atoms with Crippen LogP contribution in [0.5, 0.6) is 0 Å². The molecule has 0 fully saturated rings. The molecule has 0 aliphatic heterocycles. The normalized spacial score (nSPS) is 21.0. The van der Waals surface area contributed by atoms with Crippen molar-refractivity contribution in [3.63, 3.8) is 0 Å². The van der Waals surface area contributed by atoms with Crippen molar-refractivity contribution in [3.05, 3.63) is 35.6 Å². The highest BCUT2D eigenvalue weighted by molar-refractivity contribution is 5.38. The summed E-state index contributed by atoms with van der Waals surface area (Å²) in [6, 6.07) is 0. The Bertz CT molecular complexity index is 197. The minimum absolute atomic E-state index is 0.987. The summed E-state index contributed by atoms with van der Waals surface area (Å²) in [5.41, 5.74) is 1.17. The molecule has 0 radical (unpaired) electrons. The molecule has 1 nitrogen and oxygen atoms in total. The van der Waals surface area contributed by atoms with Gasteiger partial charge in [0.05, 0.1) is 7.11 Å². The molecule has 0 unspecified atom stereocenters. The third-order valence-electron chi connectivity index (χ3n) is 1.55. The molecule has 1 aliphatic carbocycles. The van der Waals surface area contributed by atoms with Gasteiger partial charge in [0.2, 0.25) is 0 Å². The Morgan fingerprint density at radius 1 is 1.60 bits per heavy atom. The lowest BCUT2D eigenvalue weighted by Crippen LogP contribution is -1.92. The summed E-state index contributed by atoms with van der Waals surface area (Å²) in [7, 11) is 1.70. The molecular formula is C9H12O. The van der Waals surface area contributed by atoms with Crippen molar-refractivity contribution in [2.75, 3.05) is 7.11 Å². The van der Waals surface area contributed by atoms with Crippen molar-refractivity contribution in [2.24, 2.45) is 0 Å². The van der Waals surface area contributed by atoms with Crippen molar-refractivity contribution in [2.45, 2.75) is 13.3 Å². The van der Waals surface area contributed by atoms with Crippen LogP contribution in [0.15, 0.2) is 35.6 Å². The molecule has 0 heterocycles. The predicted octanol–water partition coefficient (Wildman–Crippen LogP) is 2.42. The lowest BCUT2D eigenvalue weighted by molar-refractivity contribution is 0.300. The maximum absolute atomic E-state index is 5.14. The van der Waals surface area contributed by atoms with E-state index < -0.39 is 0 Å². The minimum Gasteiger partial charge on any atom is -0.496 e. The maximum atomic E-state index is 5.14. The molecule has 0 aromatic heterocycles. The molecule has 1 aliphatic rings. The molecule has 0 aromatic carbocycles. The zero-order valence-electron chi connectivity index (χ0n) is 6.42. The van der Waals surface area contributed by atoms with E-state index in [1.54, 1.807) is 7.11 Å². The van der Waals surface area contributed by atoms with Crippen LogP contribution in [0.25, 0.3) is 0 Å². The standard InChI is InChI=1S/C9H12O/c1-3-8-6-4-5-7-9(8)10-2/h3-4,6-7H,5H2,1-2H3. The highest BCUT2D eigenvalue weighted by Crippen LogP contribution is 2.17. The Hall–Kier alpha value is -0.980. The average molecular weight is 136 g/mol. The van der Waals surface area contributed by atoms with Gasteiger partial charge in [0.1, 0.15) is 5.76 Å². The first-order valence-corrected chi connectivity index (χ1v) is 3.46. The Morgan fingerprint density at radius 3 is 2.90 bits per heavy atom. The first-order chi connectivity index (χ1) is 4.88. The van der Waals surface area contributed by atoms with E-state index in [0.29, 0.717) is 0 Å². The van der Waals surface area contributed by atoms with Gasteiger partial charge in [-0.1, -0.05) is 18.2 Å². The Balaban J connectivity index is 2.79. The summed E-state index contributed by atoms with van der Waals surface area (Å²) in [5.74, 6) is 0.991. The van der Waals surface area contributed by atoms with Gasteiger partial charge in [-0.15, -0.1) is 0 Å². The summed E-state index contributed by atoms with van der Waals surface area (Å²) in [6.45, 7) is 2.01. The van der Waals surface area contributed by atoms with E-state index in [-0.39, 0.29) is 0 Å². The monoisotopic (exact) mass is 136 g/mol. The predicted molar refractivity (Wildman–Crippen MR) is 42.6 cm³/mol. The highest BCUT2D eigenvalue weighted by Gasteiger charge is 2.02. The molecule has 0 saturated heterocycles. The van der Waals surface area contributed by atoms with Crippen LogP contribution in [0.3, 0.4) is 0 Å². The van der Waals surface area contributed by atoms with Crippen molar-refractivity contribution >= 4 is 0 Å². The number of ether oxygens (including phenoxy) is 1. The van der Waals surface area contributed by atoms with Gasteiger partial charge in [-0.2, -0.15) is 0 Å². The van der Waals surface area contributed by atoms with Gasteiger partial charge in [0, 0.05) is 5.57 Å². The van der Waals surface area contributed by atoms with Crippen LogP contribution in [0.4, 0.5) is 0 Å². The number of methoxy groups -OCH3 is 1. The van der Waals surface area contributed by atoms with E-state index in [2.05, 4.69) is 18.2 Å². The van der Waals surface area contributed by atoms with Gasteiger partial charge in [-0.05, 0) is 19.4 Å². The maximum Gasteiger partial charge on any atom is 0.122 e. The van der Waals surface area contributed by atoms with E-state index in [4.69, 9.17) is 4.74 Å². The molecule has 0 atom stereocenters. The van der Waals surface area contributed by atoms with Gasteiger partial charge in [-0.3, -0.25) is 0 Å². The fourth-order valence-electron chi connectivity index (χ4n) is 1.01. The first kappa shape index (κ1) is 7.13. The molecule has 0 spiro atoms. The highest BCUT2D eigenvalue weighted by atomic mass is 16.5. The summed E-state index contributed by atoms with van der Waals surface area (Å²) >= 11 is 0. The van der Waals surface area contributed by atoms with Crippen LogP contribution in [-0.2, 0) is 4.74 Å². The third-order valence-corrected chi connectivity index (χ3v) is 1.55. The molecular weight excluding hydrogens is 124 g/mol. The van der Waals surface area contributed by atoms with Crippen LogP contribution in [0.1, 0.15) is 13.3 Å². The van der Waals surface area contributed by atoms with Gasteiger partial charge in [0.25, 0.3) is 0 Å². The number of hydrogen-bond donors (Lipinski definition) is 0. The molecule has 0 bridgehead atoms. The SMILES string of the molecule is CC=C1C=CCC=C1OC. The first-order valence-electron chi connectivity index (χ1n) is 3.46. The summed E-state index contributed by atoms with van der Waals surface area (Å²) in [5, 5.41) is 0. The third kappa shape index (κ3) is 1.29. The van der Waals surface area contributed by atoms with E-state index in [1.165, 1.54) is 5.57 Å². The molecule has 0 amide bonds. The molecule has 0 saturated carbocycles. The Kier molecular flexibility index (Phi) is 2.32. The van der Waals surface area contributed by atoms with Gasteiger partial charge in [0.15, 0.2) is 0 Å². The Morgan fingerprint density at radius 2 is 2.40 bits per heavy atom. The molecule has 0 N–H and O–H groups in total.